The lowest BCUT2D eigenvalue weighted by Crippen LogP contribution is -2.32. The fourth-order valence-corrected chi connectivity index (χ4v) is 5.58. The highest BCUT2D eigenvalue weighted by atomic mass is 15.1. The van der Waals surface area contributed by atoms with Gasteiger partial charge in [0.15, 0.2) is 0 Å². The van der Waals surface area contributed by atoms with Gasteiger partial charge in [-0.15, -0.1) is 0 Å². The summed E-state index contributed by atoms with van der Waals surface area (Å²) in [5.74, 6) is 0.865. The zero-order chi connectivity index (χ0) is 27.3. The highest BCUT2D eigenvalue weighted by molar-refractivity contribution is 5.32. The van der Waals surface area contributed by atoms with Gasteiger partial charge in [0.05, 0.1) is 17.9 Å². The van der Waals surface area contributed by atoms with Gasteiger partial charge in [-0.1, -0.05) is 74.4 Å². The summed E-state index contributed by atoms with van der Waals surface area (Å²) in [7, 11) is 0. The van der Waals surface area contributed by atoms with E-state index in [-0.39, 0.29) is 0 Å². The van der Waals surface area contributed by atoms with Crippen molar-refractivity contribution in [1.29, 1.82) is 0 Å². The van der Waals surface area contributed by atoms with Gasteiger partial charge in [-0.25, -0.2) is 0 Å². The van der Waals surface area contributed by atoms with Crippen LogP contribution < -0.4 is 10.6 Å². The third-order valence-corrected chi connectivity index (χ3v) is 8.14. The van der Waals surface area contributed by atoms with E-state index in [1.54, 1.807) is 0 Å². The largest absolute Gasteiger partial charge is 0.388 e. The van der Waals surface area contributed by atoms with Crippen molar-refractivity contribution < 1.29 is 0 Å². The van der Waals surface area contributed by atoms with E-state index in [0.29, 0.717) is 30.0 Å². The van der Waals surface area contributed by atoms with Crippen molar-refractivity contribution >= 4 is 0 Å². The molecule has 1 aliphatic carbocycles. The summed E-state index contributed by atoms with van der Waals surface area (Å²) in [5, 5.41) is 15.1. The van der Waals surface area contributed by atoms with Gasteiger partial charge in [0.2, 0.25) is 0 Å². The van der Waals surface area contributed by atoms with Crippen molar-refractivity contribution in [1.82, 2.24) is 20.8 Å². The maximum Gasteiger partial charge on any atom is 0.0559 e. The zero-order valence-electron chi connectivity index (χ0n) is 24.6. The molecule has 4 nitrogen and oxygen atoms in total. The number of hydrogen-bond acceptors (Lipinski definition) is 3. The van der Waals surface area contributed by atoms with E-state index in [1.165, 1.54) is 47.2 Å². The molecule has 5 atom stereocenters. The highest BCUT2D eigenvalue weighted by Gasteiger charge is 2.26. The molecule has 1 aromatic rings. The quantitative estimate of drug-likeness (QED) is 0.148. The number of aromatic nitrogens is 2. The van der Waals surface area contributed by atoms with E-state index in [2.05, 4.69) is 117 Å². The van der Waals surface area contributed by atoms with E-state index in [4.69, 9.17) is 0 Å². The number of rotatable bonds is 12. The molecule has 0 spiro atoms. The molecule has 0 saturated carbocycles. The number of aromatic amines is 1. The average molecular weight is 517 g/mol. The summed E-state index contributed by atoms with van der Waals surface area (Å²) >= 11 is 0. The standard InChI is InChI=1S/C34H52N4/c1-7-9-10-11-12-15-27(5)35-23-26(4)29(8-2)22-31-18-14-17-30(21-20-25(31)3)32-24-36-38-34(32)33-19-13-16-28(6)37-33/h8,11-14,16,18,23-24,27-28,30-31,33,35,37H,3,7,9-10,15,17,19-22H2,1-2,4-6H3,(H,36,38)/b12-11+,18-14+,26-23+,29-8+. The van der Waals surface area contributed by atoms with Crippen LogP contribution in [-0.4, -0.2) is 22.3 Å². The summed E-state index contributed by atoms with van der Waals surface area (Å²) in [6, 6.07) is 1.15. The lowest BCUT2D eigenvalue weighted by molar-refractivity contribution is 0.466. The first kappa shape index (κ1) is 30.0. The monoisotopic (exact) mass is 516 g/mol. The van der Waals surface area contributed by atoms with Crippen molar-refractivity contribution in [2.45, 2.75) is 116 Å². The topological polar surface area (TPSA) is 52.7 Å². The van der Waals surface area contributed by atoms with Gasteiger partial charge in [0, 0.05) is 18.0 Å². The van der Waals surface area contributed by atoms with Crippen LogP contribution in [0.1, 0.15) is 116 Å². The average Bonchev–Trinajstić information content (AvgIpc) is 3.39. The second kappa shape index (κ2) is 15.7. The maximum absolute atomic E-state index is 4.54. The van der Waals surface area contributed by atoms with E-state index >= 15 is 0 Å². The van der Waals surface area contributed by atoms with Gasteiger partial charge in [-0.05, 0) is 101 Å². The molecule has 0 amide bonds. The van der Waals surface area contributed by atoms with E-state index < -0.39 is 0 Å². The molecular formula is C34H52N4. The Hall–Kier alpha value is -2.59. The molecular weight excluding hydrogens is 464 g/mol. The molecule has 5 unspecified atom stereocenters. The third kappa shape index (κ3) is 9.01. The fourth-order valence-electron chi connectivity index (χ4n) is 5.58. The number of hydrogen-bond donors (Lipinski definition) is 3. The Balaban J connectivity index is 1.57. The molecule has 3 N–H and O–H groups in total. The predicted octanol–water partition coefficient (Wildman–Crippen LogP) is 8.74. The van der Waals surface area contributed by atoms with Crippen LogP contribution in [0.3, 0.4) is 0 Å². The Labute approximate surface area is 232 Å². The van der Waals surface area contributed by atoms with Crippen molar-refractivity contribution in [2.75, 3.05) is 0 Å². The Kier molecular flexibility index (Phi) is 12.4. The van der Waals surface area contributed by atoms with E-state index in [9.17, 15) is 0 Å². The minimum Gasteiger partial charge on any atom is -0.388 e. The van der Waals surface area contributed by atoms with Gasteiger partial charge in [-0.2, -0.15) is 5.10 Å². The fraction of sp³-hybridized carbons (Fsp3) is 0.559. The minimum atomic E-state index is 0.318. The molecule has 0 bridgehead atoms. The van der Waals surface area contributed by atoms with Crippen LogP contribution in [0.2, 0.25) is 0 Å². The number of H-pyrrole nitrogens is 1. The maximum atomic E-state index is 4.54. The molecule has 3 rings (SSSR count). The van der Waals surface area contributed by atoms with Crippen molar-refractivity contribution in [3.05, 3.63) is 89.5 Å². The summed E-state index contributed by atoms with van der Waals surface area (Å²) in [4.78, 5) is 0. The van der Waals surface area contributed by atoms with Crippen LogP contribution in [0.4, 0.5) is 0 Å². The second-order valence-electron chi connectivity index (χ2n) is 11.3. The summed E-state index contributed by atoms with van der Waals surface area (Å²) in [6.45, 7) is 15.6. The van der Waals surface area contributed by atoms with Crippen LogP contribution in [0.15, 0.2) is 78.2 Å². The Bertz CT molecular complexity index is 1020. The molecule has 0 aromatic carbocycles. The van der Waals surface area contributed by atoms with Crippen molar-refractivity contribution in [3.63, 3.8) is 0 Å². The lowest BCUT2D eigenvalue weighted by atomic mass is 9.80. The Morgan fingerprint density at radius 3 is 2.82 bits per heavy atom. The third-order valence-electron chi connectivity index (χ3n) is 8.14. The number of nitrogens with zero attached hydrogens (tertiary/aromatic N) is 1. The van der Waals surface area contributed by atoms with Crippen LogP contribution >= 0.6 is 0 Å². The molecule has 0 fully saturated rings. The molecule has 2 aliphatic rings. The van der Waals surface area contributed by atoms with Gasteiger partial charge in [-0.3, -0.25) is 5.10 Å². The van der Waals surface area contributed by atoms with Crippen LogP contribution in [0, 0.1) is 5.92 Å². The second-order valence-corrected chi connectivity index (χ2v) is 11.3. The molecule has 2 heterocycles. The first-order chi connectivity index (χ1) is 18.4. The van der Waals surface area contributed by atoms with Crippen LogP contribution in [0.5, 0.6) is 0 Å². The summed E-state index contributed by atoms with van der Waals surface area (Å²) < 4.78 is 0. The van der Waals surface area contributed by atoms with Crippen molar-refractivity contribution in [3.8, 4) is 0 Å². The number of allylic oxidation sites excluding steroid dienone is 7. The zero-order valence-corrected chi connectivity index (χ0v) is 24.6. The number of unbranched alkanes of at least 4 members (excludes halogenated alkanes) is 2. The number of nitrogens with one attached hydrogen (secondary N) is 3. The molecule has 1 aromatic heterocycles. The van der Waals surface area contributed by atoms with Gasteiger partial charge < -0.3 is 10.6 Å². The lowest BCUT2D eigenvalue weighted by Gasteiger charge is -2.28. The molecule has 0 saturated heterocycles. The van der Waals surface area contributed by atoms with E-state index in [1.807, 2.05) is 0 Å². The molecule has 1 aliphatic heterocycles. The molecule has 208 valence electrons. The molecule has 4 heteroatoms. The normalized spacial score (nSPS) is 26.8. The smallest absolute Gasteiger partial charge is 0.0559 e. The predicted molar refractivity (Wildman–Crippen MR) is 164 cm³/mol. The molecule has 38 heavy (non-hydrogen) atoms. The first-order valence-electron chi connectivity index (χ1n) is 15.0. The van der Waals surface area contributed by atoms with Gasteiger partial charge in [0.25, 0.3) is 0 Å². The first-order valence-corrected chi connectivity index (χ1v) is 15.0. The minimum absolute atomic E-state index is 0.318. The SMILES string of the molecule is C=C1CCC(c2cn[nH]c2C2CC=CC(C)N2)C/C=C/C1CC(=C\C)/C(C)=C/NC(C)C/C=C/CCCC. The summed E-state index contributed by atoms with van der Waals surface area (Å²) in [5.41, 5.74) is 6.70. The van der Waals surface area contributed by atoms with Crippen LogP contribution in [0.25, 0.3) is 0 Å². The summed E-state index contributed by atoms with van der Waals surface area (Å²) in [6.07, 6.45) is 30.6. The Morgan fingerprint density at radius 1 is 1.24 bits per heavy atom. The van der Waals surface area contributed by atoms with Gasteiger partial charge >= 0.3 is 0 Å². The Morgan fingerprint density at radius 2 is 2.05 bits per heavy atom. The van der Waals surface area contributed by atoms with Gasteiger partial charge in [0.1, 0.15) is 0 Å². The van der Waals surface area contributed by atoms with Crippen LogP contribution in [-0.2, 0) is 0 Å². The molecule has 0 radical (unpaired) electrons. The highest BCUT2D eigenvalue weighted by Crippen LogP contribution is 2.37. The van der Waals surface area contributed by atoms with E-state index in [0.717, 1.165) is 38.5 Å². The van der Waals surface area contributed by atoms with Crippen molar-refractivity contribution in [2.24, 2.45) is 5.92 Å².